The van der Waals surface area contributed by atoms with Gasteiger partial charge in [0.15, 0.2) is 6.61 Å². The lowest BCUT2D eigenvalue weighted by molar-refractivity contribution is -0.135. The highest BCUT2D eigenvalue weighted by atomic mass is 35.5. The van der Waals surface area contributed by atoms with Crippen molar-refractivity contribution in [1.82, 2.24) is 24.4 Å². The molecular weight excluding hydrogens is 502 g/mol. The third-order valence-electron chi connectivity index (χ3n) is 5.93. The first-order chi connectivity index (χ1) is 17.5. The van der Waals surface area contributed by atoms with Crippen LogP contribution < -0.4 is 15.0 Å². The molecular formula is C25H24ClN5O4S. The number of carbonyl (C=O) groups excluding carboxylic acids is 1. The molecule has 5 rings (SSSR count). The average Bonchev–Trinajstić information content (AvgIpc) is 3.33. The Bertz CT molecular complexity index is 1430. The Kier molecular flexibility index (Phi) is 7.17. The quantitative estimate of drug-likeness (QED) is 0.366. The molecule has 0 aliphatic carbocycles. The molecule has 1 aliphatic heterocycles. The summed E-state index contributed by atoms with van der Waals surface area (Å²) in [5.41, 5.74) is 1.22. The molecule has 0 unspecified atom stereocenters. The number of hydrogen-bond acceptors (Lipinski definition) is 8. The van der Waals surface area contributed by atoms with Crippen molar-refractivity contribution in [3.05, 3.63) is 75.7 Å². The third-order valence-corrected chi connectivity index (χ3v) is 7.21. The van der Waals surface area contributed by atoms with Crippen molar-refractivity contribution in [2.24, 2.45) is 0 Å². The van der Waals surface area contributed by atoms with E-state index in [0.717, 1.165) is 11.3 Å². The van der Waals surface area contributed by atoms with Crippen LogP contribution in [-0.2, 0) is 11.3 Å². The molecule has 3 heterocycles. The molecule has 11 heteroatoms. The fraction of sp³-hybridized carbons (Fsp3) is 0.280. The predicted molar refractivity (Wildman–Crippen MR) is 138 cm³/mol. The van der Waals surface area contributed by atoms with E-state index in [4.69, 9.17) is 21.1 Å². The summed E-state index contributed by atoms with van der Waals surface area (Å²) in [6.45, 7) is 3.05. The summed E-state index contributed by atoms with van der Waals surface area (Å²) >= 11 is 7.62. The van der Waals surface area contributed by atoms with E-state index in [1.54, 1.807) is 42.3 Å². The largest absolute Gasteiger partial charge is 0.497 e. The third kappa shape index (κ3) is 5.35. The van der Waals surface area contributed by atoms with E-state index in [-0.39, 0.29) is 18.1 Å². The maximum absolute atomic E-state index is 12.7. The molecule has 1 aliphatic rings. The van der Waals surface area contributed by atoms with Gasteiger partial charge < -0.3 is 14.4 Å². The van der Waals surface area contributed by atoms with Crippen LogP contribution in [0.2, 0.25) is 5.02 Å². The Hall–Kier alpha value is -3.47. The summed E-state index contributed by atoms with van der Waals surface area (Å²) < 4.78 is 12.1. The van der Waals surface area contributed by atoms with Crippen LogP contribution in [0.1, 0.15) is 5.69 Å². The van der Waals surface area contributed by atoms with E-state index in [9.17, 15) is 9.59 Å². The Labute approximate surface area is 216 Å². The van der Waals surface area contributed by atoms with E-state index in [1.165, 1.54) is 21.9 Å². The highest BCUT2D eigenvalue weighted by molar-refractivity contribution is 7.19. The lowest BCUT2D eigenvalue weighted by Crippen LogP contribution is -2.49. The molecule has 0 bridgehead atoms. The van der Waals surface area contributed by atoms with E-state index in [2.05, 4.69) is 15.0 Å². The summed E-state index contributed by atoms with van der Waals surface area (Å²) in [6, 6.07) is 16.0. The first-order valence-corrected chi connectivity index (χ1v) is 12.6. The fourth-order valence-corrected chi connectivity index (χ4v) is 5.22. The van der Waals surface area contributed by atoms with Crippen molar-refractivity contribution in [1.29, 1.82) is 0 Å². The molecule has 2 aromatic heterocycles. The molecule has 36 heavy (non-hydrogen) atoms. The van der Waals surface area contributed by atoms with Gasteiger partial charge in [-0.25, -0.2) is 4.98 Å². The SMILES string of the molecule is COc1ccc(OCC(=O)N2CCN(Cc3cc(=O)n4nc(-c5ccccc5Cl)sc4n3)CC2)cc1. The van der Waals surface area contributed by atoms with Crippen molar-refractivity contribution >= 4 is 33.8 Å². The van der Waals surface area contributed by atoms with Crippen LogP contribution >= 0.6 is 22.9 Å². The van der Waals surface area contributed by atoms with Crippen LogP contribution in [0.4, 0.5) is 0 Å². The van der Waals surface area contributed by atoms with E-state index in [1.807, 2.05) is 18.2 Å². The van der Waals surface area contributed by atoms with Crippen LogP contribution in [0.5, 0.6) is 11.5 Å². The molecule has 1 amide bonds. The van der Waals surface area contributed by atoms with Crippen LogP contribution in [-0.4, -0.2) is 70.2 Å². The Morgan fingerprint density at radius 2 is 1.78 bits per heavy atom. The summed E-state index contributed by atoms with van der Waals surface area (Å²) in [5.74, 6) is 1.30. The van der Waals surface area contributed by atoms with Gasteiger partial charge in [-0.15, -0.1) is 0 Å². The number of fused-ring (bicyclic) bond motifs is 1. The molecule has 9 nitrogen and oxygen atoms in total. The first-order valence-electron chi connectivity index (χ1n) is 11.4. The number of carbonyl (C=O) groups is 1. The summed E-state index contributed by atoms with van der Waals surface area (Å²) in [4.78, 5) is 34.4. The maximum Gasteiger partial charge on any atom is 0.275 e. The normalized spacial score (nSPS) is 14.2. The number of rotatable bonds is 7. The minimum Gasteiger partial charge on any atom is -0.497 e. The topological polar surface area (TPSA) is 89.3 Å². The number of ether oxygens (including phenoxy) is 2. The molecule has 0 atom stereocenters. The van der Waals surface area contributed by atoms with Gasteiger partial charge in [0, 0.05) is 44.4 Å². The summed E-state index contributed by atoms with van der Waals surface area (Å²) in [6.07, 6.45) is 0. The molecule has 186 valence electrons. The van der Waals surface area contributed by atoms with Gasteiger partial charge in [-0.2, -0.15) is 9.61 Å². The van der Waals surface area contributed by atoms with Crippen LogP contribution in [0, 0.1) is 0 Å². The van der Waals surface area contributed by atoms with Crippen molar-refractivity contribution in [3.63, 3.8) is 0 Å². The van der Waals surface area contributed by atoms with Crippen molar-refractivity contribution < 1.29 is 14.3 Å². The lowest BCUT2D eigenvalue weighted by Gasteiger charge is -2.34. The van der Waals surface area contributed by atoms with E-state index < -0.39 is 0 Å². The van der Waals surface area contributed by atoms with Gasteiger partial charge in [0.25, 0.3) is 11.5 Å². The van der Waals surface area contributed by atoms with Crippen molar-refractivity contribution in [2.45, 2.75) is 6.54 Å². The molecule has 0 spiro atoms. The predicted octanol–water partition coefficient (Wildman–Crippen LogP) is 3.20. The minimum atomic E-state index is -0.228. The van der Waals surface area contributed by atoms with E-state index in [0.29, 0.717) is 59.2 Å². The highest BCUT2D eigenvalue weighted by Gasteiger charge is 2.22. The molecule has 1 fully saturated rings. The Balaban J connectivity index is 1.18. The van der Waals surface area contributed by atoms with Gasteiger partial charge in [0.2, 0.25) is 4.96 Å². The summed E-state index contributed by atoms with van der Waals surface area (Å²) in [7, 11) is 1.60. The van der Waals surface area contributed by atoms with Gasteiger partial charge in [0.05, 0.1) is 17.8 Å². The zero-order chi connectivity index (χ0) is 25.1. The first kappa shape index (κ1) is 24.2. The summed E-state index contributed by atoms with van der Waals surface area (Å²) in [5, 5.41) is 5.63. The zero-order valence-electron chi connectivity index (χ0n) is 19.6. The maximum atomic E-state index is 12.7. The zero-order valence-corrected chi connectivity index (χ0v) is 21.2. The number of methoxy groups -OCH3 is 1. The van der Waals surface area contributed by atoms with Crippen LogP contribution in [0.15, 0.2) is 59.4 Å². The number of halogens is 1. The van der Waals surface area contributed by atoms with Gasteiger partial charge >= 0.3 is 0 Å². The van der Waals surface area contributed by atoms with Gasteiger partial charge in [-0.05, 0) is 30.3 Å². The number of amides is 1. The number of benzene rings is 2. The second kappa shape index (κ2) is 10.7. The standard InChI is InChI=1S/C25H24ClN5O4S/c1-34-18-6-8-19(9-7-18)35-16-23(33)30-12-10-29(11-13-30)15-17-14-22(32)31-25(27-17)36-24(28-31)20-4-2-3-5-21(20)26/h2-9,14H,10-13,15-16H2,1H3. The van der Waals surface area contributed by atoms with Crippen LogP contribution in [0.3, 0.4) is 0 Å². The molecule has 2 aromatic carbocycles. The Morgan fingerprint density at radius 3 is 2.50 bits per heavy atom. The van der Waals surface area contributed by atoms with Gasteiger partial charge in [-0.1, -0.05) is 41.1 Å². The molecule has 0 saturated carbocycles. The highest BCUT2D eigenvalue weighted by Crippen LogP contribution is 2.30. The molecule has 4 aromatic rings. The number of piperazine rings is 1. The lowest BCUT2D eigenvalue weighted by atomic mass is 10.2. The van der Waals surface area contributed by atoms with Crippen LogP contribution in [0.25, 0.3) is 15.5 Å². The van der Waals surface area contributed by atoms with Gasteiger partial charge in [0.1, 0.15) is 16.5 Å². The Morgan fingerprint density at radius 1 is 1.06 bits per heavy atom. The monoisotopic (exact) mass is 525 g/mol. The smallest absolute Gasteiger partial charge is 0.275 e. The molecule has 0 N–H and O–H groups in total. The number of aromatic nitrogens is 3. The van der Waals surface area contributed by atoms with Crippen molar-refractivity contribution in [3.8, 4) is 22.1 Å². The average molecular weight is 526 g/mol. The van der Waals surface area contributed by atoms with Crippen molar-refractivity contribution in [2.75, 3.05) is 39.9 Å². The number of nitrogens with zero attached hydrogens (tertiary/aromatic N) is 5. The van der Waals surface area contributed by atoms with Gasteiger partial charge in [-0.3, -0.25) is 14.5 Å². The fourth-order valence-electron chi connectivity index (χ4n) is 3.97. The second-order valence-corrected chi connectivity index (χ2v) is 9.65. The second-order valence-electron chi connectivity index (χ2n) is 8.29. The molecule has 0 radical (unpaired) electrons. The van der Waals surface area contributed by atoms with E-state index >= 15 is 0 Å². The number of hydrogen-bond donors (Lipinski definition) is 0. The molecule has 1 saturated heterocycles. The minimum absolute atomic E-state index is 0.0134.